The summed E-state index contributed by atoms with van der Waals surface area (Å²) in [7, 11) is 1.64. The minimum Gasteiger partial charge on any atom is -0.497 e. The second-order valence-corrected chi connectivity index (χ2v) is 5.48. The first kappa shape index (κ1) is 19.7. The van der Waals surface area contributed by atoms with Crippen LogP contribution in [0.5, 0.6) is 5.75 Å². The molecule has 4 nitrogen and oxygen atoms in total. The van der Waals surface area contributed by atoms with Crippen molar-refractivity contribution in [3.05, 3.63) is 29.8 Å². The predicted molar refractivity (Wildman–Crippen MR) is 89.0 cm³/mol. The summed E-state index contributed by atoms with van der Waals surface area (Å²) in [5.41, 5.74) is 6.79. The van der Waals surface area contributed by atoms with E-state index in [9.17, 15) is 4.79 Å². The first-order chi connectivity index (χ1) is 9.55. The molecule has 0 aromatic heterocycles. The van der Waals surface area contributed by atoms with Crippen molar-refractivity contribution in [1.82, 2.24) is 5.32 Å². The van der Waals surface area contributed by atoms with E-state index in [4.69, 9.17) is 10.5 Å². The minimum atomic E-state index is 0. The molecule has 1 rings (SSSR count). The standard InChI is InChI=1S/C16H26N2O2.ClH/c1-12(2)9-14(11-17)18-16(19)8-7-13-5-4-6-15(10-13)20-3;/h4-6,10,12,14H,7-9,11,17H2,1-3H3,(H,18,19);1H. The highest BCUT2D eigenvalue weighted by Crippen LogP contribution is 2.14. The van der Waals surface area contributed by atoms with E-state index in [2.05, 4.69) is 19.2 Å². The van der Waals surface area contributed by atoms with Gasteiger partial charge in [-0.1, -0.05) is 26.0 Å². The van der Waals surface area contributed by atoms with Crippen molar-refractivity contribution in [2.24, 2.45) is 11.7 Å². The molecule has 0 bridgehead atoms. The Labute approximate surface area is 133 Å². The number of nitrogens with two attached hydrogens (primary N) is 1. The molecule has 21 heavy (non-hydrogen) atoms. The van der Waals surface area contributed by atoms with E-state index in [1.807, 2.05) is 24.3 Å². The van der Waals surface area contributed by atoms with Crippen LogP contribution < -0.4 is 15.8 Å². The second kappa shape index (κ2) is 10.5. The number of aryl methyl sites for hydroxylation is 1. The Morgan fingerprint density at radius 2 is 2.10 bits per heavy atom. The Balaban J connectivity index is 0.00000400. The summed E-state index contributed by atoms with van der Waals surface area (Å²) >= 11 is 0. The van der Waals surface area contributed by atoms with Gasteiger partial charge in [-0.15, -0.1) is 12.4 Å². The monoisotopic (exact) mass is 314 g/mol. The summed E-state index contributed by atoms with van der Waals surface area (Å²) in [4.78, 5) is 11.9. The van der Waals surface area contributed by atoms with Gasteiger partial charge in [0.05, 0.1) is 7.11 Å². The van der Waals surface area contributed by atoms with Gasteiger partial charge in [-0.25, -0.2) is 0 Å². The lowest BCUT2D eigenvalue weighted by molar-refractivity contribution is -0.121. The van der Waals surface area contributed by atoms with Crippen LogP contribution >= 0.6 is 12.4 Å². The normalized spacial score (nSPS) is 11.7. The molecule has 1 aromatic rings. The van der Waals surface area contributed by atoms with Crippen molar-refractivity contribution in [3.63, 3.8) is 0 Å². The number of hydrogen-bond donors (Lipinski definition) is 2. The highest BCUT2D eigenvalue weighted by molar-refractivity contribution is 5.85. The molecule has 0 fully saturated rings. The largest absolute Gasteiger partial charge is 0.497 e. The Bertz CT molecular complexity index is 424. The fraction of sp³-hybridized carbons (Fsp3) is 0.562. The molecule has 1 atom stereocenters. The number of carbonyl (C=O) groups is 1. The maximum atomic E-state index is 11.9. The van der Waals surface area contributed by atoms with Crippen molar-refractivity contribution >= 4 is 18.3 Å². The highest BCUT2D eigenvalue weighted by atomic mass is 35.5. The number of ether oxygens (including phenoxy) is 1. The van der Waals surface area contributed by atoms with Gasteiger partial charge in [0.25, 0.3) is 0 Å². The summed E-state index contributed by atoms with van der Waals surface area (Å²) in [6.45, 7) is 4.75. The number of rotatable bonds is 8. The van der Waals surface area contributed by atoms with Crippen LogP contribution in [0.1, 0.15) is 32.3 Å². The van der Waals surface area contributed by atoms with E-state index in [0.29, 0.717) is 25.3 Å². The molecule has 0 heterocycles. The highest BCUT2D eigenvalue weighted by Gasteiger charge is 2.12. The molecule has 0 aliphatic heterocycles. The molecule has 5 heteroatoms. The maximum Gasteiger partial charge on any atom is 0.220 e. The summed E-state index contributed by atoms with van der Waals surface area (Å²) in [5.74, 6) is 1.41. The van der Waals surface area contributed by atoms with Gasteiger partial charge in [0, 0.05) is 19.0 Å². The Morgan fingerprint density at radius 3 is 2.67 bits per heavy atom. The Hall–Kier alpha value is -1.26. The van der Waals surface area contributed by atoms with Gasteiger partial charge < -0.3 is 15.8 Å². The first-order valence-electron chi connectivity index (χ1n) is 7.17. The van der Waals surface area contributed by atoms with E-state index < -0.39 is 0 Å². The number of halogens is 1. The van der Waals surface area contributed by atoms with Crippen LogP contribution in [0.25, 0.3) is 0 Å². The van der Waals surface area contributed by atoms with Crippen molar-refractivity contribution in [1.29, 1.82) is 0 Å². The lowest BCUT2D eigenvalue weighted by Crippen LogP contribution is -2.41. The van der Waals surface area contributed by atoms with Crippen molar-refractivity contribution in [2.75, 3.05) is 13.7 Å². The van der Waals surface area contributed by atoms with Gasteiger partial charge in [0.2, 0.25) is 5.91 Å². The number of hydrogen-bond acceptors (Lipinski definition) is 3. The summed E-state index contributed by atoms with van der Waals surface area (Å²) in [6.07, 6.45) is 2.10. The molecule has 1 aromatic carbocycles. The second-order valence-electron chi connectivity index (χ2n) is 5.48. The summed E-state index contributed by atoms with van der Waals surface area (Å²) in [5, 5.41) is 3.00. The number of benzene rings is 1. The lowest BCUT2D eigenvalue weighted by Gasteiger charge is -2.18. The number of amides is 1. The van der Waals surface area contributed by atoms with E-state index in [-0.39, 0.29) is 24.4 Å². The van der Waals surface area contributed by atoms with Crippen LogP contribution in [0, 0.1) is 5.92 Å². The zero-order valence-corrected chi connectivity index (χ0v) is 13.9. The fourth-order valence-corrected chi connectivity index (χ4v) is 2.17. The molecule has 0 saturated carbocycles. The lowest BCUT2D eigenvalue weighted by atomic mass is 10.0. The molecule has 0 spiro atoms. The Kier molecular flexibility index (Phi) is 9.84. The number of nitrogens with one attached hydrogen (secondary N) is 1. The van der Waals surface area contributed by atoms with E-state index in [1.54, 1.807) is 7.11 Å². The van der Waals surface area contributed by atoms with Gasteiger partial charge in [-0.2, -0.15) is 0 Å². The molecule has 1 amide bonds. The van der Waals surface area contributed by atoms with Crippen LogP contribution in [0.2, 0.25) is 0 Å². The zero-order valence-electron chi connectivity index (χ0n) is 13.1. The average Bonchev–Trinajstić information content (AvgIpc) is 2.44. The third kappa shape index (κ3) is 7.93. The molecule has 3 N–H and O–H groups in total. The minimum absolute atomic E-state index is 0. The molecule has 1 unspecified atom stereocenters. The molecule has 0 radical (unpaired) electrons. The third-order valence-corrected chi connectivity index (χ3v) is 3.18. The van der Waals surface area contributed by atoms with E-state index in [1.165, 1.54) is 0 Å². The van der Waals surface area contributed by atoms with Crippen LogP contribution in [-0.4, -0.2) is 25.6 Å². The van der Waals surface area contributed by atoms with Gasteiger partial charge in [0.1, 0.15) is 5.75 Å². The van der Waals surface area contributed by atoms with Crippen LogP contribution in [0.15, 0.2) is 24.3 Å². The SMILES string of the molecule is COc1cccc(CCC(=O)NC(CN)CC(C)C)c1.Cl. The number of methoxy groups -OCH3 is 1. The van der Waals surface area contributed by atoms with Crippen LogP contribution in [0.4, 0.5) is 0 Å². The third-order valence-electron chi connectivity index (χ3n) is 3.18. The summed E-state index contributed by atoms with van der Waals surface area (Å²) in [6, 6.07) is 7.88. The van der Waals surface area contributed by atoms with Crippen molar-refractivity contribution in [3.8, 4) is 5.75 Å². The average molecular weight is 315 g/mol. The topological polar surface area (TPSA) is 64.3 Å². The van der Waals surface area contributed by atoms with Crippen LogP contribution in [0.3, 0.4) is 0 Å². The van der Waals surface area contributed by atoms with Crippen LogP contribution in [-0.2, 0) is 11.2 Å². The predicted octanol–water partition coefficient (Wildman–Crippen LogP) is 2.54. The van der Waals surface area contributed by atoms with E-state index >= 15 is 0 Å². The summed E-state index contributed by atoms with van der Waals surface area (Å²) < 4.78 is 5.17. The molecule has 0 aliphatic carbocycles. The van der Waals surface area contributed by atoms with E-state index in [0.717, 1.165) is 17.7 Å². The first-order valence-corrected chi connectivity index (χ1v) is 7.17. The van der Waals surface area contributed by atoms with Gasteiger partial charge in [0.15, 0.2) is 0 Å². The smallest absolute Gasteiger partial charge is 0.220 e. The quantitative estimate of drug-likeness (QED) is 0.775. The van der Waals surface area contributed by atoms with Crippen molar-refractivity contribution < 1.29 is 9.53 Å². The van der Waals surface area contributed by atoms with Gasteiger partial charge in [-0.3, -0.25) is 4.79 Å². The maximum absolute atomic E-state index is 11.9. The molecular weight excluding hydrogens is 288 g/mol. The number of carbonyl (C=O) groups excluding carboxylic acids is 1. The van der Waals surface area contributed by atoms with Gasteiger partial charge >= 0.3 is 0 Å². The Morgan fingerprint density at radius 1 is 1.38 bits per heavy atom. The molecule has 120 valence electrons. The zero-order chi connectivity index (χ0) is 15.0. The molecular formula is C16H27ClN2O2. The molecule has 0 saturated heterocycles. The fourth-order valence-electron chi connectivity index (χ4n) is 2.17. The van der Waals surface area contributed by atoms with Crippen molar-refractivity contribution in [2.45, 2.75) is 39.2 Å². The molecule has 0 aliphatic rings. The van der Waals surface area contributed by atoms with Gasteiger partial charge in [-0.05, 0) is 36.5 Å².